The van der Waals surface area contributed by atoms with Crippen LogP contribution in [0.4, 0.5) is 19.0 Å². The molecule has 2 heterocycles. The number of carbonyl (C=O) groups is 1. The largest absolute Gasteiger partial charge is 0.497 e. The van der Waals surface area contributed by atoms with Crippen molar-refractivity contribution in [1.29, 1.82) is 0 Å². The van der Waals surface area contributed by atoms with Crippen molar-refractivity contribution in [2.45, 2.75) is 12.7 Å². The highest BCUT2D eigenvalue weighted by Crippen LogP contribution is 2.29. The van der Waals surface area contributed by atoms with Crippen molar-refractivity contribution in [1.82, 2.24) is 15.2 Å². The second-order valence-electron chi connectivity index (χ2n) is 6.79. The van der Waals surface area contributed by atoms with Crippen LogP contribution in [0.2, 0.25) is 0 Å². The van der Waals surface area contributed by atoms with E-state index in [2.05, 4.69) is 10.3 Å². The third-order valence-corrected chi connectivity index (χ3v) is 4.79. The number of benzene rings is 1. The summed E-state index contributed by atoms with van der Waals surface area (Å²) >= 11 is 0. The maximum Gasteiger partial charge on any atom is 0.417 e. The van der Waals surface area contributed by atoms with Gasteiger partial charge >= 0.3 is 6.18 Å². The monoisotopic (exact) mass is 408 g/mol. The molecule has 29 heavy (non-hydrogen) atoms. The van der Waals surface area contributed by atoms with Crippen molar-refractivity contribution in [3.05, 3.63) is 53.7 Å². The number of hydrogen-bond acceptors (Lipinski definition) is 5. The Labute approximate surface area is 167 Å². The van der Waals surface area contributed by atoms with Crippen LogP contribution in [0.1, 0.15) is 11.1 Å². The van der Waals surface area contributed by atoms with Crippen LogP contribution in [-0.4, -0.2) is 55.6 Å². The zero-order chi connectivity index (χ0) is 20.9. The molecule has 156 valence electrons. The number of carbonyl (C=O) groups excluding carboxylic acids is 1. The van der Waals surface area contributed by atoms with Crippen molar-refractivity contribution < 1.29 is 22.7 Å². The van der Waals surface area contributed by atoms with Gasteiger partial charge in [0, 0.05) is 38.9 Å². The van der Waals surface area contributed by atoms with Crippen LogP contribution in [0.3, 0.4) is 0 Å². The predicted molar refractivity (Wildman–Crippen MR) is 103 cm³/mol. The number of alkyl halides is 3. The molecule has 0 bridgehead atoms. The topological polar surface area (TPSA) is 57.7 Å². The number of amides is 1. The van der Waals surface area contributed by atoms with Crippen LogP contribution in [-0.2, 0) is 17.5 Å². The van der Waals surface area contributed by atoms with Gasteiger partial charge in [0.05, 0.1) is 19.2 Å². The molecular weight excluding hydrogens is 385 g/mol. The summed E-state index contributed by atoms with van der Waals surface area (Å²) in [5.74, 6) is 1.21. The number of rotatable bonds is 6. The molecule has 0 atom stereocenters. The summed E-state index contributed by atoms with van der Waals surface area (Å²) in [6.07, 6.45) is -3.53. The van der Waals surface area contributed by atoms with Gasteiger partial charge in [0.2, 0.25) is 5.91 Å². The van der Waals surface area contributed by atoms with Crippen LogP contribution < -0.4 is 15.0 Å². The molecule has 0 unspecified atom stereocenters. The molecule has 9 heteroatoms. The molecule has 1 N–H and O–H groups in total. The van der Waals surface area contributed by atoms with Crippen molar-refractivity contribution in [3.8, 4) is 5.75 Å². The lowest BCUT2D eigenvalue weighted by atomic mass is 10.2. The number of nitrogens with one attached hydrogen (secondary N) is 1. The smallest absolute Gasteiger partial charge is 0.417 e. The van der Waals surface area contributed by atoms with E-state index in [9.17, 15) is 18.0 Å². The minimum Gasteiger partial charge on any atom is -0.497 e. The Balaban J connectivity index is 1.42. The summed E-state index contributed by atoms with van der Waals surface area (Å²) in [4.78, 5) is 20.1. The fourth-order valence-electron chi connectivity index (χ4n) is 3.08. The first-order valence-electron chi connectivity index (χ1n) is 9.25. The van der Waals surface area contributed by atoms with Crippen molar-refractivity contribution >= 4 is 11.7 Å². The van der Waals surface area contributed by atoms with E-state index in [1.807, 2.05) is 34.1 Å². The average Bonchev–Trinajstić information content (AvgIpc) is 2.73. The van der Waals surface area contributed by atoms with Gasteiger partial charge in [-0.2, -0.15) is 13.2 Å². The van der Waals surface area contributed by atoms with E-state index in [0.29, 0.717) is 38.5 Å². The maximum atomic E-state index is 12.6. The van der Waals surface area contributed by atoms with Crippen LogP contribution in [0.5, 0.6) is 5.75 Å². The van der Waals surface area contributed by atoms with Crippen molar-refractivity contribution in [3.63, 3.8) is 0 Å². The van der Waals surface area contributed by atoms with Gasteiger partial charge < -0.3 is 15.0 Å². The quantitative estimate of drug-likeness (QED) is 0.796. The third kappa shape index (κ3) is 5.83. The Kier molecular flexibility index (Phi) is 6.58. The summed E-state index contributed by atoms with van der Waals surface area (Å²) in [5.41, 5.74) is 0.228. The second kappa shape index (κ2) is 9.13. The number of ether oxygens (including phenoxy) is 1. The summed E-state index contributed by atoms with van der Waals surface area (Å²) in [7, 11) is 1.60. The lowest BCUT2D eigenvalue weighted by Crippen LogP contribution is -2.49. The van der Waals surface area contributed by atoms with Crippen LogP contribution in [0, 0.1) is 0 Å². The van der Waals surface area contributed by atoms with Crippen molar-refractivity contribution in [2.75, 3.05) is 44.7 Å². The number of nitrogens with zero attached hydrogens (tertiary/aromatic N) is 3. The van der Waals surface area contributed by atoms with Gasteiger partial charge in [-0.25, -0.2) is 4.98 Å². The summed E-state index contributed by atoms with van der Waals surface area (Å²) in [6.45, 7) is 3.20. The molecule has 1 amide bonds. The van der Waals surface area contributed by atoms with E-state index in [1.54, 1.807) is 7.11 Å². The number of piperazine rings is 1. The molecule has 0 saturated carbocycles. The molecule has 1 aromatic carbocycles. The zero-order valence-corrected chi connectivity index (χ0v) is 16.1. The highest BCUT2D eigenvalue weighted by atomic mass is 19.4. The minimum absolute atomic E-state index is 0.0677. The number of hydrogen-bond donors (Lipinski definition) is 1. The van der Waals surface area contributed by atoms with Gasteiger partial charge in [0.25, 0.3) is 0 Å². The number of aromatic nitrogens is 1. The Morgan fingerprint density at radius 1 is 1.10 bits per heavy atom. The first kappa shape index (κ1) is 20.9. The van der Waals surface area contributed by atoms with E-state index in [4.69, 9.17) is 4.74 Å². The maximum absolute atomic E-state index is 12.6. The zero-order valence-electron chi connectivity index (χ0n) is 16.1. The van der Waals surface area contributed by atoms with E-state index in [0.717, 1.165) is 23.6 Å². The molecule has 1 fully saturated rings. The summed E-state index contributed by atoms with van der Waals surface area (Å²) < 4.78 is 43.0. The number of anilines is 1. The van der Waals surface area contributed by atoms with Crippen LogP contribution >= 0.6 is 0 Å². The Morgan fingerprint density at radius 3 is 2.34 bits per heavy atom. The van der Waals surface area contributed by atoms with E-state index >= 15 is 0 Å². The first-order chi connectivity index (χ1) is 13.8. The molecule has 0 radical (unpaired) electrons. The van der Waals surface area contributed by atoms with E-state index < -0.39 is 11.7 Å². The Hall–Kier alpha value is -2.81. The SMILES string of the molecule is COc1ccc(CNC(=O)CN2CCN(c3ccc(C(F)(F)F)cn3)CC2)cc1. The van der Waals surface area contributed by atoms with Gasteiger partial charge in [-0.1, -0.05) is 12.1 Å². The summed E-state index contributed by atoms with van der Waals surface area (Å²) in [5, 5.41) is 2.89. The molecule has 0 spiro atoms. The summed E-state index contributed by atoms with van der Waals surface area (Å²) in [6, 6.07) is 9.91. The second-order valence-corrected chi connectivity index (χ2v) is 6.79. The molecular formula is C20H23F3N4O2. The minimum atomic E-state index is -4.39. The molecule has 2 aromatic rings. The van der Waals surface area contributed by atoms with Crippen LogP contribution in [0.15, 0.2) is 42.6 Å². The Morgan fingerprint density at radius 2 is 1.79 bits per heavy atom. The van der Waals surface area contributed by atoms with Crippen molar-refractivity contribution in [2.24, 2.45) is 0 Å². The first-order valence-corrected chi connectivity index (χ1v) is 9.25. The van der Waals surface area contributed by atoms with Gasteiger partial charge in [0.15, 0.2) is 0 Å². The van der Waals surface area contributed by atoms with E-state index in [1.165, 1.54) is 6.07 Å². The Bertz CT molecular complexity index is 802. The number of halogens is 3. The molecule has 1 aromatic heterocycles. The predicted octanol–water partition coefficient (Wildman–Crippen LogP) is 2.55. The molecule has 0 aliphatic carbocycles. The molecule has 1 aliphatic heterocycles. The van der Waals surface area contributed by atoms with Crippen LogP contribution in [0.25, 0.3) is 0 Å². The molecule has 6 nitrogen and oxygen atoms in total. The van der Waals surface area contributed by atoms with E-state index in [-0.39, 0.29) is 12.5 Å². The van der Waals surface area contributed by atoms with Gasteiger partial charge in [-0.05, 0) is 29.8 Å². The highest BCUT2D eigenvalue weighted by molar-refractivity contribution is 5.78. The van der Waals surface area contributed by atoms with Gasteiger partial charge in [0.1, 0.15) is 11.6 Å². The lowest BCUT2D eigenvalue weighted by Gasteiger charge is -2.35. The van der Waals surface area contributed by atoms with Gasteiger partial charge in [-0.3, -0.25) is 9.69 Å². The standard InChI is InChI=1S/C20H23F3N4O2/c1-29-17-5-2-15(3-6-17)12-25-19(28)14-26-8-10-27(11-9-26)18-7-4-16(13-24-18)20(21,22)23/h2-7,13H,8-12,14H2,1H3,(H,25,28). The molecule has 3 rings (SSSR count). The molecule has 1 saturated heterocycles. The number of methoxy groups -OCH3 is 1. The van der Waals surface area contributed by atoms with Gasteiger partial charge in [-0.15, -0.1) is 0 Å². The highest BCUT2D eigenvalue weighted by Gasteiger charge is 2.31. The number of pyridine rings is 1. The fraction of sp³-hybridized carbons (Fsp3) is 0.400. The normalized spacial score (nSPS) is 15.2. The fourth-order valence-corrected chi connectivity index (χ4v) is 3.08. The lowest BCUT2D eigenvalue weighted by molar-refractivity contribution is -0.137. The third-order valence-electron chi connectivity index (χ3n) is 4.79. The molecule has 1 aliphatic rings. The average molecular weight is 408 g/mol.